The van der Waals surface area contributed by atoms with Gasteiger partial charge in [-0.3, -0.25) is 0 Å². The van der Waals surface area contributed by atoms with Crippen LogP contribution >= 0.6 is 0 Å². The van der Waals surface area contributed by atoms with Gasteiger partial charge in [-0.1, -0.05) is 26.7 Å². The van der Waals surface area contributed by atoms with Gasteiger partial charge in [0.05, 0.1) is 19.5 Å². The van der Waals surface area contributed by atoms with E-state index in [1.807, 2.05) is 6.08 Å². The normalized spacial score (nSPS) is 11.0. The average molecular weight is 200 g/mol. The van der Waals surface area contributed by atoms with Crippen molar-refractivity contribution < 1.29 is 9.47 Å². The number of unbranched alkanes of at least 4 members (excludes halogenated alkanes) is 2. The molecule has 0 aromatic rings. The lowest BCUT2D eigenvalue weighted by Gasteiger charge is -2.00. The minimum atomic E-state index is 0.813. The van der Waals surface area contributed by atoms with E-state index in [4.69, 9.17) is 9.47 Å². The molecule has 0 aliphatic heterocycles. The molecule has 0 aliphatic carbocycles. The van der Waals surface area contributed by atoms with Gasteiger partial charge in [-0.25, -0.2) is 0 Å². The van der Waals surface area contributed by atoms with Crippen LogP contribution in [0.1, 0.15) is 46.0 Å². The summed E-state index contributed by atoms with van der Waals surface area (Å²) in [4.78, 5) is 0. The molecule has 2 heteroatoms. The number of ether oxygens (including phenoxy) is 2. The fourth-order valence-corrected chi connectivity index (χ4v) is 0.932. The molecular formula is C12H24O2. The summed E-state index contributed by atoms with van der Waals surface area (Å²) in [6.45, 7) is 6.87. The fourth-order valence-electron chi connectivity index (χ4n) is 0.932. The Morgan fingerprint density at radius 1 is 0.929 bits per heavy atom. The van der Waals surface area contributed by atoms with E-state index in [2.05, 4.69) is 13.8 Å². The molecule has 0 unspecified atom stereocenters. The summed E-state index contributed by atoms with van der Waals surface area (Å²) >= 11 is 0. The van der Waals surface area contributed by atoms with E-state index in [-0.39, 0.29) is 0 Å². The van der Waals surface area contributed by atoms with Gasteiger partial charge in [0.1, 0.15) is 0 Å². The van der Waals surface area contributed by atoms with Gasteiger partial charge in [0.15, 0.2) is 0 Å². The van der Waals surface area contributed by atoms with Gasteiger partial charge in [-0.15, -0.1) is 0 Å². The second-order valence-corrected chi connectivity index (χ2v) is 3.35. The lowest BCUT2D eigenvalue weighted by atomic mass is 10.3. The van der Waals surface area contributed by atoms with Crippen LogP contribution in [0.3, 0.4) is 0 Å². The molecule has 0 radical (unpaired) electrons. The first-order chi connectivity index (χ1) is 6.91. The molecule has 84 valence electrons. The number of hydrogen-bond donors (Lipinski definition) is 0. The van der Waals surface area contributed by atoms with Gasteiger partial charge in [-0.05, 0) is 25.3 Å². The standard InChI is InChI=1S/C12H24O2/c1-3-5-9-13-11-7-8-12-14-10-6-4-2/h7,11H,3-6,8-10,12H2,1-2H3/b11-7+. The largest absolute Gasteiger partial charge is 0.502 e. The van der Waals surface area contributed by atoms with Crippen LogP contribution in [-0.2, 0) is 9.47 Å². The van der Waals surface area contributed by atoms with Crippen LogP contribution in [0.2, 0.25) is 0 Å². The van der Waals surface area contributed by atoms with E-state index in [9.17, 15) is 0 Å². The lowest BCUT2D eigenvalue weighted by molar-refractivity contribution is 0.135. The summed E-state index contributed by atoms with van der Waals surface area (Å²) < 4.78 is 10.7. The molecule has 0 spiro atoms. The van der Waals surface area contributed by atoms with Crippen molar-refractivity contribution in [1.82, 2.24) is 0 Å². The predicted octanol–water partition coefficient (Wildman–Crippen LogP) is 3.52. The molecule has 0 aliphatic rings. The Morgan fingerprint density at radius 2 is 1.64 bits per heavy atom. The van der Waals surface area contributed by atoms with E-state index < -0.39 is 0 Å². The highest BCUT2D eigenvalue weighted by Gasteiger charge is 1.85. The topological polar surface area (TPSA) is 18.5 Å². The zero-order valence-electron chi connectivity index (χ0n) is 9.63. The summed E-state index contributed by atoms with van der Waals surface area (Å²) in [6, 6.07) is 0. The zero-order valence-corrected chi connectivity index (χ0v) is 9.63. The molecular weight excluding hydrogens is 176 g/mol. The lowest BCUT2D eigenvalue weighted by Crippen LogP contribution is -1.95. The van der Waals surface area contributed by atoms with Crippen molar-refractivity contribution in [2.24, 2.45) is 0 Å². The number of rotatable bonds is 10. The first-order valence-corrected chi connectivity index (χ1v) is 5.76. The van der Waals surface area contributed by atoms with Crippen molar-refractivity contribution in [2.45, 2.75) is 46.0 Å². The molecule has 0 N–H and O–H groups in total. The predicted molar refractivity (Wildman–Crippen MR) is 60.3 cm³/mol. The van der Waals surface area contributed by atoms with Crippen LogP contribution < -0.4 is 0 Å². The van der Waals surface area contributed by atoms with E-state index in [1.54, 1.807) is 6.26 Å². The van der Waals surface area contributed by atoms with E-state index in [0.29, 0.717) is 0 Å². The molecule has 2 nitrogen and oxygen atoms in total. The molecule has 0 bridgehead atoms. The third kappa shape index (κ3) is 11.5. The molecule has 0 saturated heterocycles. The van der Waals surface area contributed by atoms with Gasteiger partial charge < -0.3 is 9.47 Å². The Kier molecular flexibility index (Phi) is 12.1. The van der Waals surface area contributed by atoms with Crippen molar-refractivity contribution in [1.29, 1.82) is 0 Å². The third-order valence-corrected chi connectivity index (χ3v) is 1.88. The van der Waals surface area contributed by atoms with E-state index in [1.165, 1.54) is 12.8 Å². The van der Waals surface area contributed by atoms with Crippen molar-refractivity contribution >= 4 is 0 Å². The fraction of sp³-hybridized carbons (Fsp3) is 0.833. The highest BCUT2D eigenvalue weighted by molar-refractivity contribution is 4.72. The summed E-state index contributed by atoms with van der Waals surface area (Å²) in [5.74, 6) is 0. The van der Waals surface area contributed by atoms with Gasteiger partial charge in [-0.2, -0.15) is 0 Å². The van der Waals surface area contributed by atoms with Crippen LogP contribution in [0.4, 0.5) is 0 Å². The van der Waals surface area contributed by atoms with Gasteiger partial charge >= 0.3 is 0 Å². The highest BCUT2D eigenvalue weighted by atomic mass is 16.5. The van der Waals surface area contributed by atoms with Gasteiger partial charge in [0.2, 0.25) is 0 Å². The van der Waals surface area contributed by atoms with Crippen molar-refractivity contribution in [2.75, 3.05) is 19.8 Å². The smallest absolute Gasteiger partial charge is 0.0873 e. The molecule has 0 aromatic carbocycles. The summed E-state index contributed by atoms with van der Waals surface area (Å²) in [5, 5.41) is 0. The molecule has 0 atom stereocenters. The molecule has 0 amide bonds. The maximum atomic E-state index is 5.39. The Labute approximate surface area is 88.3 Å². The van der Waals surface area contributed by atoms with Crippen molar-refractivity contribution in [3.05, 3.63) is 12.3 Å². The van der Waals surface area contributed by atoms with Crippen molar-refractivity contribution in [3.8, 4) is 0 Å². The van der Waals surface area contributed by atoms with Gasteiger partial charge in [0.25, 0.3) is 0 Å². The van der Waals surface area contributed by atoms with Crippen LogP contribution in [0.5, 0.6) is 0 Å². The molecule has 0 aromatic heterocycles. The summed E-state index contributed by atoms with van der Waals surface area (Å²) in [7, 11) is 0. The molecule has 0 saturated carbocycles. The minimum absolute atomic E-state index is 0.813. The van der Waals surface area contributed by atoms with Gasteiger partial charge in [0, 0.05) is 6.61 Å². The Morgan fingerprint density at radius 3 is 2.36 bits per heavy atom. The van der Waals surface area contributed by atoms with Crippen molar-refractivity contribution in [3.63, 3.8) is 0 Å². The van der Waals surface area contributed by atoms with E-state index >= 15 is 0 Å². The quantitative estimate of drug-likeness (QED) is 0.397. The molecule has 14 heavy (non-hydrogen) atoms. The molecule has 0 heterocycles. The molecule has 0 rings (SSSR count). The Balaban J connectivity index is 2.96. The SMILES string of the molecule is CCCCO/C=C/CCOCCCC. The average Bonchev–Trinajstić information content (AvgIpc) is 2.21. The number of hydrogen-bond acceptors (Lipinski definition) is 2. The third-order valence-electron chi connectivity index (χ3n) is 1.88. The van der Waals surface area contributed by atoms with E-state index in [0.717, 1.165) is 39.1 Å². The summed E-state index contributed by atoms with van der Waals surface area (Å²) in [5.41, 5.74) is 0. The Bertz CT molecular complexity index is 121. The molecule has 0 fully saturated rings. The first-order valence-electron chi connectivity index (χ1n) is 5.76. The summed E-state index contributed by atoms with van der Waals surface area (Å²) in [6.07, 6.45) is 9.47. The second-order valence-electron chi connectivity index (χ2n) is 3.35. The Hall–Kier alpha value is -0.500. The first kappa shape index (κ1) is 13.5. The minimum Gasteiger partial charge on any atom is -0.502 e. The zero-order chi connectivity index (χ0) is 10.5. The van der Waals surface area contributed by atoms with Crippen LogP contribution in [0.25, 0.3) is 0 Å². The van der Waals surface area contributed by atoms with Crippen LogP contribution in [0.15, 0.2) is 12.3 Å². The monoisotopic (exact) mass is 200 g/mol. The maximum Gasteiger partial charge on any atom is 0.0873 e. The second kappa shape index (κ2) is 12.5. The highest BCUT2D eigenvalue weighted by Crippen LogP contribution is 1.92. The van der Waals surface area contributed by atoms with Crippen LogP contribution in [-0.4, -0.2) is 19.8 Å². The maximum absolute atomic E-state index is 5.39. The van der Waals surface area contributed by atoms with Crippen LogP contribution in [0, 0.1) is 0 Å².